The number of aromatic amines is 1. The summed E-state index contributed by atoms with van der Waals surface area (Å²) in [5.74, 6) is 1.89. The van der Waals surface area contributed by atoms with E-state index in [2.05, 4.69) is 61.4 Å². The summed E-state index contributed by atoms with van der Waals surface area (Å²) in [7, 11) is 1.74. The summed E-state index contributed by atoms with van der Waals surface area (Å²) in [5.41, 5.74) is 6.35. The van der Waals surface area contributed by atoms with E-state index in [0.29, 0.717) is 6.61 Å². The van der Waals surface area contributed by atoms with Crippen molar-refractivity contribution in [1.82, 2.24) is 10.3 Å². The number of aromatic nitrogens is 1. The number of benzene rings is 2. The number of methoxy groups -OCH3 is 1. The van der Waals surface area contributed by atoms with Crippen LogP contribution in [0.25, 0.3) is 10.9 Å². The van der Waals surface area contributed by atoms with Crippen LogP contribution in [0.15, 0.2) is 36.4 Å². The van der Waals surface area contributed by atoms with Crippen molar-refractivity contribution < 1.29 is 9.47 Å². The summed E-state index contributed by atoms with van der Waals surface area (Å²) in [6.07, 6.45) is 1.02. The lowest BCUT2D eigenvalue weighted by Gasteiger charge is -2.28. The van der Waals surface area contributed by atoms with Crippen LogP contribution in [0.2, 0.25) is 0 Å². The van der Waals surface area contributed by atoms with E-state index >= 15 is 0 Å². The SMILES string of the molecule is CCOc1ccc2[nH]c3c(c2c1)CCNC3c1ccc(OC)c(C(C)(C)C)c1. The molecular formula is C24H30N2O2. The van der Waals surface area contributed by atoms with E-state index in [1.165, 1.54) is 33.3 Å². The van der Waals surface area contributed by atoms with Crippen LogP contribution in [-0.4, -0.2) is 25.2 Å². The third-order valence-electron chi connectivity index (χ3n) is 5.60. The van der Waals surface area contributed by atoms with Gasteiger partial charge in [0.15, 0.2) is 0 Å². The van der Waals surface area contributed by atoms with E-state index in [-0.39, 0.29) is 11.5 Å². The van der Waals surface area contributed by atoms with Gasteiger partial charge in [0.2, 0.25) is 0 Å². The molecule has 2 N–H and O–H groups in total. The predicted molar refractivity (Wildman–Crippen MR) is 115 cm³/mol. The minimum atomic E-state index is 0.0195. The van der Waals surface area contributed by atoms with Gasteiger partial charge in [-0.2, -0.15) is 0 Å². The Kier molecular flexibility index (Phi) is 4.84. The molecule has 0 radical (unpaired) electrons. The van der Waals surface area contributed by atoms with Gasteiger partial charge in [0.05, 0.1) is 19.8 Å². The Morgan fingerprint density at radius 1 is 1.11 bits per heavy atom. The summed E-state index contributed by atoms with van der Waals surface area (Å²) >= 11 is 0. The molecule has 4 nitrogen and oxygen atoms in total. The number of nitrogens with one attached hydrogen (secondary N) is 2. The van der Waals surface area contributed by atoms with Crippen LogP contribution < -0.4 is 14.8 Å². The first-order valence-electron chi connectivity index (χ1n) is 10.1. The van der Waals surface area contributed by atoms with Crippen LogP contribution in [0.4, 0.5) is 0 Å². The van der Waals surface area contributed by atoms with Crippen LogP contribution in [0.1, 0.15) is 56.1 Å². The quantitative estimate of drug-likeness (QED) is 0.663. The molecule has 0 amide bonds. The number of ether oxygens (including phenoxy) is 2. The summed E-state index contributed by atoms with van der Waals surface area (Å²) < 4.78 is 11.3. The number of H-pyrrole nitrogens is 1. The highest BCUT2D eigenvalue weighted by Gasteiger charge is 2.27. The van der Waals surface area contributed by atoms with Crippen molar-refractivity contribution in [2.45, 2.75) is 45.6 Å². The molecule has 0 fully saturated rings. The van der Waals surface area contributed by atoms with E-state index in [1.807, 2.05) is 13.0 Å². The second-order valence-corrected chi connectivity index (χ2v) is 8.50. The smallest absolute Gasteiger partial charge is 0.122 e. The lowest BCUT2D eigenvalue weighted by atomic mass is 9.83. The van der Waals surface area contributed by atoms with Gasteiger partial charge in [-0.15, -0.1) is 0 Å². The van der Waals surface area contributed by atoms with Crippen LogP contribution in [0.5, 0.6) is 11.5 Å². The highest BCUT2D eigenvalue weighted by molar-refractivity contribution is 5.86. The van der Waals surface area contributed by atoms with Crippen molar-refractivity contribution in [3.05, 3.63) is 58.8 Å². The largest absolute Gasteiger partial charge is 0.496 e. The average molecular weight is 379 g/mol. The number of hydrogen-bond acceptors (Lipinski definition) is 3. The molecule has 0 spiro atoms. The van der Waals surface area contributed by atoms with Gasteiger partial charge in [-0.3, -0.25) is 0 Å². The van der Waals surface area contributed by atoms with Crippen molar-refractivity contribution in [1.29, 1.82) is 0 Å². The summed E-state index contributed by atoms with van der Waals surface area (Å²) in [6, 6.07) is 13.1. The van der Waals surface area contributed by atoms with E-state index in [1.54, 1.807) is 7.11 Å². The lowest BCUT2D eigenvalue weighted by Crippen LogP contribution is -2.30. The standard InChI is InChI=1S/C24H30N2O2/c1-6-28-16-8-9-20-18(14-16)17-11-12-25-22(23(17)26-20)15-7-10-21(27-5)19(13-15)24(2,3)4/h7-10,13-14,22,25-26H,6,11-12H2,1-5H3. The maximum absolute atomic E-state index is 5.72. The van der Waals surface area contributed by atoms with E-state index in [0.717, 1.165) is 24.5 Å². The fourth-order valence-corrected chi connectivity index (χ4v) is 4.24. The van der Waals surface area contributed by atoms with Crippen LogP contribution in [-0.2, 0) is 11.8 Å². The van der Waals surface area contributed by atoms with Crippen molar-refractivity contribution >= 4 is 10.9 Å². The molecule has 1 aliphatic heterocycles. The van der Waals surface area contributed by atoms with Crippen molar-refractivity contribution in [2.24, 2.45) is 0 Å². The Labute approximate surface area is 167 Å². The van der Waals surface area contributed by atoms with Gasteiger partial charge in [0.1, 0.15) is 11.5 Å². The van der Waals surface area contributed by atoms with E-state index in [4.69, 9.17) is 9.47 Å². The molecule has 0 bridgehead atoms. The molecule has 4 heteroatoms. The highest BCUT2D eigenvalue weighted by Crippen LogP contribution is 2.38. The van der Waals surface area contributed by atoms with Gasteiger partial charge in [0.25, 0.3) is 0 Å². The molecule has 148 valence electrons. The first-order valence-corrected chi connectivity index (χ1v) is 10.1. The third kappa shape index (κ3) is 3.26. The fourth-order valence-electron chi connectivity index (χ4n) is 4.24. The van der Waals surface area contributed by atoms with Crippen LogP contribution in [0, 0.1) is 0 Å². The second-order valence-electron chi connectivity index (χ2n) is 8.50. The Morgan fingerprint density at radius 2 is 1.93 bits per heavy atom. The maximum Gasteiger partial charge on any atom is 0.122 e. The minimum Gasteiger partial charge on any atom is -0.496 e. The highest BCUT2D eigenvalue weighted by atomic mass is 16.5. The fraction of sp³-hybridized carbons (Fsp3) is 0.417. The molecule has 2 heterocycles. The molecule has 4 rings (SSSR count). The normalized spacial score (nSPS) is 16.8. The molecule has 0 saturated heterocycles. The van der Waals surface area contributed by atoms with Crippen molar-refractivity contribution in [3.8, 4) is 11.5 Å². The Morgan fingerprint density at radius 3 is 2.64 bits per heavy atom. The molecule has 0 aliphatic carbocycles. The summed E-state index contributed by atoms with van der Waals surface area (Å²) in [4.78, 5) is 3.67. The molecule has 2 aromatic carbocycles. The molecule has 1 aromatic heterocycles. The van der Waals surface area contributed by atoms with Gasteiger partial charge in [0, 0.05) is 23.1 Å². The Hall–Kier alpha value is -2.46. The maximum atomic E-state index is 5.72. The topological polar surface area (TPSA) is 46.3 Å². The van der Waals surface area contributed by atoms with Crippen molar-refractivity contribution in [3.63, 3.8) is 0 Å². The zero-order valence-electron chi connectivity index (χ0n) is 17.5. The first-order chi connectivity index (χ1) is 13.4. The zero-order valence-corrected chi connectivity index (χ0v) is 17.5. The van der Waals surface area contributed by atoms with Crippen LogP contribution >= 0.6 is 0 Å². The summed E-state index contributed by atoms with van der Waals surface area (Å²) in [6.45, 7) is 10.4. The zero-order chi connectivity index (χ0) is 19.9. The molecule has 1 unspecified atom stereocenters. The predicted octanol–water partition coefficient (Wildman–Crippen LogP) is 5.11. The number of fused-ring (bicyclic) bond motifs is 3. The summed E-state index contributed by atoms with van der Waals surface area (Å²) in [5, 5.41) is 4.98. The minimum absolute atomic E-state index is 0.0195. The number of hydrogen-bond donors (Lipinski definition) is 2. The van der Waals surface area contributed by atoms with E-state index in [9.17, 15) is 0 Å². The van der Waals surface area contributed by atoms with Gasteiger partial charge >= 0.3 is 0 Å². The third-order valence-corrected chi connectivity index (χ3v) is 5.60. The lowest BCUT2D eigenvalue weighted by molar-refractivity contribution is 0.340. The van der Waals surface area contributed by atoms with Crippen molar-refractivity contribution in [2.75, 3.05) is 20.3 Å². The molecule has 28 heavy (non-hydrogen) atoms. The van der Waals surface area contributed by atoms with Gasteiger partial charge < -0.3 is 19.8 Å². The number of rotatable bonds is 4. The Bertz CT molecular complexity index is 998. The molecule has 1 atom stereocenters. The van der Waals surface area contributed by atoms with Crippen LogP contribution in [0.3, 0.4) is 0 Å². The second kappa shape index (κ2) is 7.17. The van der Waals surface area contributed by atoms with Gasteiger partial charge in [-0.05, 0) is 65.8 Å². The molecule has 1 aliphatic rings. The van der Waals surface area contributed by atoms with Gasteiger partial charge in [-0.25, -0.2) is 0 Å². The average Bonchev–Trinajstić information content (AvgIpc) is 3.05. The molecular weight excluding hydrogens is 348 g/mol. The first kappa shape index (κ1) is 18.9. The monoisotopic (exact) mass is 378 g/mol. The van der Waals surface area contributed by atoms with Gasteiger partial charge in [-0.1, -0.05) is 26.8 Å². The van der Waals surface area contributed by atoms with E-state index < -0.39 is 0 Å². The molecule has 3 aromatic rings. The molecule has 0 saturated carbocycles. The Balaban J connectivity index is 1.81.